The number of amides is 3. The Hall–Kier alpha value is -2.54. The van der Waals surface area contributed by atoms with Gasteiger partial charge < -0.3 is 5.32 Å². The van der Waals surface area contributed by atoms with Crippen molar-refractivity contribution in [2.24, 2.45) is 0 Å². The highest BCUT2D eigenvalue weighted by Gasteiger charge is 2.35. The quantitative estimate of drug-likeness (QED) is 0.845. The molecule has 124 valence electrons. The van der Waals surface area contributed by atoms with Gasteiger partial charge in [-0.2, -0.15) is 0 Å². The Bertz CT molecular complexity index is 780. The van der Waals surface area contributed by atoms with E-state index in [0.717, 1.165) is 15.6 Å². The minimum atomic E-state index is -0.341. The van der Waals surface area contributed by atoms with Crippen molar-refractivity contribution in [2.45, 2.75) is 26.3 Å². The molecule has 0 saturated carbocycles. The Morgan fingerprint density at radius 1 is 1.25 bits per heavy atom. The van der Waals surface area contributed by atoms with Crippen LogP contribution in [0.2, 0.25) is 0 Å². The lowest BCUT2D eigenvalue weighted by atomic mass is 10.1. The highest BCUT2D eigenvalue weighted by atomic mass is 32.1. The zero-order chi connectivity index (χ0) is 17.3. The lowest BCUT2D eigenvalue weighted by Gasteiger charge is -2.15. The third-order valence-electron chi connectivity index (χ3n) is 3.90. The average Bonchev–Trinajstić information content (AvgIpc) is 3.10. The van der Waals surface area contributed by atoms with Crippen LogP contribution in [0.1, 0.15) is 50.8 Å². The molecule has 0 fully saturated rings. The van der Waals surface area contributed by atoms with Gasteiger partial charge in [-0.15, -0.1) is 11.3 Å². The second-order valence-electron chi connectivity index (χ2n) is 5.64. The van der Waals surface area contributed by atoms with E-state index in [1.54, 1.807) is 24.3 Å². The summed E-state index contributed by atoms with van der Waals surface area (Å²) < 4.78 is 0. The summed E-state index contributed by atoms with van der Waals surface area (Å²) >= 11 is 1.53. The van der Waals surface area contributed by atoms with Gasteiger partial charge in [0.25, 0.3) is 11.8 Å². The van der Waals surface area contributed by atoms with Crippen LogP contribution in [0.3, 0.4) is 0 Å². The van der Waals surface area contributed by atoms with Crippen LogP contribution in [-0.4, -0.2) is 34.2 Å². The Morgan fingerprint density at radius 2 is 1.88 bits per heavy atom. The molecule has 3 rings (SSSR count). The molecule has 1 aliphatic rings. The SMILES string of the molecule is Cc1nc(C(C)NC(=O)CCN2C(=O)c3ccccc3C2=O)cs1. The highest BCUT2D eigenvalue weighted by molar-refractivity contribution is 7.09. The van der Waals surface area contributed by atoms with Crippen molar-refractivity contribution >= 4 is 29.1 Å². The first-order valence-corrected chi connectivity index (χ1v) is 8.52. The summed E-state index contributed by atoms with van der Waals surface area (Å²) in [4.78, 5) is 42.0. The van der Waals surface area contributed by atoms with Gasteiger partial charge in [0.1, 0.15) is 0 Å². The number of hydrogen-bond donors (Lipinski definition) is 1. The van der Waals surface area contributed by atoms with Crippen LogP contribution >= 0.6 is 11.3 Å². The molecular weight excluding hydrogens is 326 g/mol. The van der Waals surface area contributed by atoms with Crippen molar-refractivity contribution in [1.82, 2.24) is 15.2 Å². The zero-order valence-electron chi connectivity index (χ0n) is 13.4. The van der Waals surface area contributed by atoms with Crippen molar-refractivity contribution in [3.05, 3.63) is 51.5 Å². The summed E-state index contributed by atoms with van der Waals surface area (Å²) in [5.41, 5.74) is 1.61. The van der Waals surface area contributed by atoms with E-state index in [0.29, 0.717) is 11.1 Å². The number of nitrogens with zero attached hydrogens (tertiary/aromatic N) is 2. The Labute approximate surface area is 143 Å². The van der Waals surface area contributed by atoms with E-state index in [9.17, 15) is 14.4 Å². The summed E-state index contributed by atoms with van der Waals surface area (Å²) in [6.45, 7) is 3.83. The van der Waals surface area contributed by atoms with E-state index in [2.05, 4.69) is 10.3 Å². The molecule has 1 aromatic carbocycles. The molecule has 0 radical (unpaired) electrons. The number of fused-ring (bicyclic) bond motifs is 1. The van der Waals surface area contributed by atoms with Gasteiger partial charge in [0.2, 0.25) is 5.91 Å². The maximum absolute atomic E-state index is 12.2. The van der Waals surface area contributed by atoms with Crippen molar-refractivity contribution in [1.29, 1.82) is 0 Å². The Balaban J connectivity index is 1.57. The van der Waals surface area contributed by atoms with E-state index in [1.165, 1.54) is 11.3 Å². The molecule has 7 heteroatoms. The molecule has 6 nitrogen and oxygen atoms in total. The molecule has 1 unspecified atom stereocenters. The van der Waals surface area contributed by atoms with E-state index in [-0.39, 0.29) is 36.7 Å². The molecule has 3 amide bonds. The van der Waals surface area contributed by atoms with Gasteiger partial charge >= 0.3 is 0 Å². The Kier molecular flexibility index (Phi) is 4.44. The van der Waals surface area contributed by atoms with Gasteiger partial charge in [-0.25, -0.2) is 4.98 Å². The van der Waals surface area contributed by atoms with E-state index < -0.39 is 0 Å². The Morgan fingerprint density at radius 3 is 2.42 bits per heavy atom. The molecular formula is C17H17N3O3S. The molecule has 24 heavy (non-hydrogen) atoms. The molecule has 0 bridgehead atoms. The number of hydrogen-bond acceptors (Lipinski definition) is 5. The zero-order valence-corrected chi connectivity index (χ0v) is 14.2. The minimum Gasteiger partial charge on any atom is -0.348 e. The first-order chi connectivity index (χ1) is 11.5. The van der Waals surface area contributed by atoms with Crippen LogP contribution in [0.25, 0.3) is 0 Å². The fourth-order valence-corrected chi connectivity index (χ4v) is 3.33. The van der Waals surface area contributed by atoms with Gasteiger partial charge in [-0.05, 0) is 26.0 Å². The van der Waals surface area contributed by atoms with Gasteiger partial charge in [0, 0.05) is 18.3 Å². The number of imide groups is 1. The van der Waals surface area contributed by atoms with Gasteiger partial charge in [0.05, 0.1) is 27.9 Å². The van der Waals surface area contributed by atoms with Crippen molar-refractivity contribution in [3.63, 3.8) is 0 Å². The van der Waals surface area contributed by atoms with Crippen LogP contribution < -0.4 is 5.32 Å². The van der Waals surface area contributed by atoms with Crippen molar-refractivity contribution in [2.75, 3.05) is 6.54 Å². The summed E-state index contributed by atoms with van der Waals surface area (Å²) in [5.74, 6) is -0.900. The number of thiazole rings is 1. The molecule has 0 spiro atoms. The summed E-state index contributed by atoms with van der Waals surface area (Å²) in [5, 5.41) is 5.69. The maximum atomic E-state index is 12.2. The highest BCUT2D eigenvalue weighted by Crippen LogP contribution is 2.22. The topological polar surface area (TPSA) is 79.4 Å². The van der Waals surface area contributed by atoms with Crippen LogP contribution in [0.4, 0.5) is 0 Å². The number of aromatic nitrogens is 1. The van der Waals surface area contributed by atoms with Crippen molar-refractivity contribution in [3.8, 4) is 0 Å². The molecule has 0 aliphatic carbocycles. The van der Waals surface area contributed by atoms with Gasteiger partial charge in [0.15, 0.2) is 0 Å². The third kappa shape index (κ3) is 3.07. The predicted molar refractivity (Wildman–Crippen MR) is 89.8 cm³/mol. The smallest absolute Gasteiger partial charge is 0.261 e. The number of benzene rings is 1. The van der Waals surface area contributed by atoms with Crippen LogP contribution in [0.5, 0.6) is 0 Å². The number of aryl methyl sites for hydroxylation is 1. The molecule has 1 atom stereocenters. The largest absolute Gasteiger partial charge is 0.348 e. The van der Waals surface area contributed by atoms with Crippen LogP contribution in [0, 0.1) is 6.92 Å². The second-order valence-corrected chi connectivity index (χ2v) is 6.70. The molecule has 1 N–H and O–H groups in total. The number of carbonyl (C=O) groups is 3. The molecule has 2 heterocycles. The summed E-state index contributed by atoms with van der Waals surface area (Å²) in [6, 6.07) is 6.49. The molecule has 0 saturated heterocycles. The minimum absolute atomic E-state index is 0.0684. The summed E-state index contributed by atoms with van der Waals surface area (Å²) in [6.07, 6.45) is 0.0684. The third-order valence-corrected chi connectivity index (χ3v) is 4.69. The second kappa shape index (κ2) is 6.52. The maximum Gasteiger partial charge on any atom is 0.261 e. The monoisotopic (exact) mass is 343 g/mol. The predicted octanol–water partition coefficient (Wildman–Crippen LogP) is 2.32. The first kappa shape index (κ1) is 16.3. The number of carbonyl (C=O) groups excluding carboxylic acids is 3. The van der Waals surface area contributed by atoms with Crippen LogP contribution in [-0.2, 0) is 4.79 Å². The average molecular weight is 343 g/mol. The number of nitrogens with one attached hydrogen (secondary N) is 1. The van der Waals surface area contributed by atoms with Gasteiger partial charge in [-0.1, -0.05) is 12.1 Å². The lowest BCUT2D eigenvalue weighted by Crippen LogP contribution is -2.35. The van der Waals surface area contributed by atoms with Crippen molar-refractivity contribution < 1.29 is 14.4 Å². The standard InChI is InChI=1S/C17H17N3O3S/c1-10(14-9-24-11(2)19-14)18-15(21)7-8-20-16(22)12-5-3-4-6-13(12)17(20)23/h3-6,9-10H,7-8H2,1-2H3,(H,18,21). The lowest BCUT2D eigenvalue weighted by molar-refractivity contribution is -0.121. The fraction of sp³-hybridized carbons (Fsp3) is 0.294. The molecule has 1 aliphatic heterocycles. The number of rotatable bonds is 5. The molecule has 1 aromatic heterocycles. The van der Waals surface area contributed by atoms with E-state index in [1.807, 2.05) is 19.2 Å². The molecule has 2 aromatic rings. The normalized spacial score (nSPS) is 14.7. The van der Waals surface area contributed by atoms with E-state index >= 15 is 0 Å². The van der Waals surface area contributed by atoms with Crippen LogP contribution in [0.15, 0.2) is 29.6 Å². The summed E-state index contributed by atoms with van der Waals surface area (Å²) in [7, 11) is 0. The van der Waals surface area contributed by atoms with E-state index in [4.69, 9.17) is 0 Å². The fourth-order valence-electron chi connectivity index (χ4n) is 2.62. The van der Waals surface area contributed by atoms with Gasteiger partial charge in [-0.3, -0.25) is 19.3 Å². The first-order valence-electron chi connectivity index (χ1n) is 7.64.